The number of thiazole rings is 1. The number of pyridine rings is 1. The number of fused-ring (bicyclic) bond motifs is 1. The van der Waals surface area contributed by atoms with Crippen molar-refractivity contribution in [2.75, 3.05) is 26.2 Å². The van der Waals surface area contributed by atoms with Gasteiger partial charge in [-0.1, -0.05) is 30.3 Å². The van der Waals surface area contributed by atoms with E-state index in [9.17, 15) is 19.5 Å². The van der Waals surface area contributed by atoms with Gasteiger partial charge in [-0.2, -0.15) is 0 Å². The van der Waals surface area contributed by atoms with Gasteiger partial charge in [0.15, 0.2) is 0 Å². The zero-order valence-electron chi connectivity index (χ0n) is 29.9. The average molecular weight is 748 g/mol. The van der Waals surface area contributed by atoms with Crippen LogP contribution in [0.25, 0.3) is 31.9 Å². The fourth-order valence-corrected chi connectivity index (χ4v) is 9.70. The Balaban J connectivity index is 0.953. The number of carbonyl (C=O) groups excluding carboxylic acids is 2. The Bertz CT molecular complexity index is 2350. The number of hydrogen-bond donors (Lipinski definition) is 1. The van der Waals surface area contributed by atoms with Crippen LogP contribution in [0.4, 0.5) is 0 Å². The Kier molecular flexibility index (Phi) is 9.33. The standard InChI is InChI=1S/C40H41N7O4S2/c1-25-9-10-28(19-41-25)36-43-26(2)34(53-36)39(50)46-16-12-30(31(21-46)27-7-5-4-6-8-27)37(48)45-17-13-40(51,14-18-45)23-47-24-42-33-32(38(47)49)22-52-35(33)29-11-15-44(3)20-29/h4-11,15,19-20,22,24,30-31,51H,12-14,16-18,21,23H2,1-3H3/t30-,31+/m1/s1. The van der Waals surface area contributed by atoms with E-state index in [2.05, 4.69) is 9.97 Å². The van der Waals surface area contributed by atoms with Crippen LogP contribution in [0.15, 0.2) is 83.6 Å². The van der Waals surface area contributed by atoms with Crippen LogP contribution in [0.5, 0.6) is 0 Å². The summed E-state index contributed by atoms with van der Waals surface area (Å²) in [6.07, 6.45) is 8.51. The molecular weight excluding hydrogens is 707 g/mol. The molecule has 5 aromatic heterocycles. The summed E-state index contributed by atoms with van der Waals surface area (Å²) >= 11 is 2.87. The molecule has 13 heteroatoms. The summed E-state index contributed by atoms with van der Waals surface area (Å²) in [5.41, 5.74) is 3.87. The van der Waals surface area contributed by atoms with Gasteiger partial charge in [0.05, 0.1) is 39.9 Å². The van der Waals surface area contributed by atoms with Crippen molar-refractivity contribution >= 4 is 45.4 Å². The van der Waals surface area contributed by atoms with Crippen LogP contribution in [0.2, 0.25) is 0 Å². The van der Waals surface area contributed by atoms with Gasteiger partial charge in [0.1, 0.15) is 9.88 Å². The van der Waals surface area contributed by atoms with Crippen molar-refractivity contribution in [2.24, 2.45) is 13.0 Å². The van der Waals surface area contributed by atoms with Gasteiger partial charge in [0, 0.05) is 85.9 Å². The summed E-state index contributed by atoms with van der Waals surface area (Å²) in [6.45, 7) is 5.56. The smallest absolute Gasteiger partial charge is 0.265 e. The van der Waals surface area contributed by atoms with E-state index in [1.807, 2.05) is 102 Å². The molecule has 0 unspecified atom stereocenters. The van der Waals surface area contributed by atoms with Crippen LogP contribution >= 0.6 is 22.7 Å². The first-order chi connectivity index (χ1) is 25.6. The lowest BCUT2D eigenvalue weighted by Crippen LogP contribution is -2.53. The summed E-state index contributed by atoms with van der Waals surface area (Å²) in [5, 5.41) is 14.8. The van der Waals surface area contributed by atoms with Crippen LogP contribution in [0.1, 0.15) is 51.8 Å². The van der Waals surface area contributed by atoms with Crippen LogP contribution in [0.3, 0.4) is 0 Å². The quantitative estimate of drug-likeness (QED) is 0.216. The van der Waals surface area contributed by atoms with Crippen molar-refractivity contribution in [1.29, 1.82) is 0 Å². The van der Waals surface area contributed by atoms with E-state index in [0.717, 1.165) is 32.3 Å². The summed E-state index contributed by atoms with van der Waals surface area (Å²) in [7, 11) is 1.96. The molecule has 1 aromatic carbocycles. The van der Waals surface area contributed by atoms with Gasteiger partial charge < -0.3 is 19.5 Å². The highest BCUT2D eigenvalue weighted by Crippen LogP contribution is 2.38. The molecule has 0 bridgehead atoms. The minimum atomic E-state index is -1.15. The normalized spacial score (nSPS) is 18.8. The minimum absolute atomic E-state index is 0.0445. The van der Waals surface area contributed by atoms with Gasteiger partial charge >= 0.3 is 0 Å². The first kappa shape index (κ1) is 35.1. The Labute approximate surface area is 315 Å². The molecule has 8 rings (SSSR count). The molecule has 2 amide bonds. The van der Waals surface area contributed by atoms with E-state index in [1.165, 1.54) is 33.6 Å². The molecule has 0 spiro atoms. The second-order valence-corrected chi connectivity index (χ2v) is 16.3. The number of hydrogen-bond acceptors (Lipinski definition) is 9. The second kappa shape index (κ2) is 14.1. The Hall–Kier alpha value is -4.98. The first-order valence-corrected chi connectivity index (χ1v) is 19.6. The number of rotatable bonds is 7. The molecule has 2 saturated heterocycles. The van der Waals surface area contributed by atoms with Crippen LogP contribution in [-0.2, 0) is 18.4 Å². The number of carbonyl (C=O) groups is 2. The predicted octanol–water partition coefficient (Wildman–Crippen LogP) is 5.90. The van der Waals surface area contributed by atoms with E-state index < -0.39 is 5.60 Å². The maximum absolute atomic E-state index is 14.3. The zero-order chi connectivity index (χ0) is 36.9. The largest absolute Gasteiger partial charge is 0.388 e. The van der Waals surface area contributed by atoms with Gasteiger partial charge in [-0.15, -0.1) is 22.7 Å². The molecular formula is C40H41N7O4S2. The monoisotopic (exact) mass is 747 g/mol. The number of benzene rings is 1. The van der Waals surface area contributed by atoms with E-state index in [-0.39, 0.29) is 35.8 Å². The number of amides is 2. The molecule has 1 N–H and O–H groups in total. The van der Waals surface area contributed by atoms with Crippen LogP contribution < -0.4 is 5.56 Å². The van der Waals surface area contributed by atoms with Crippen molar-refractivity contribution in [3.63, 3.8) is 0 Å². The van der Waals surface area contributed by atoms with Gasteiger partial charge in [-0.3, -0.25) is 23.9 Å². The highest BCUT2D eigenvalue weighted by Gasteiger charge is 2.42. The number of nitrogens with zero attached hydrogens (tertiary/aromatic N) is 7. The summed E-state index contributed by atoms with van der Waals surface area (Å²) in [6, 6.07) is 15.9. The van der Waals surface area contributed by atoms with Crippen molar-refractivity contribution in [3.8, 4) is 21.0 Å². The molecule has 2 fully saturated rings. The van der Waals surface area contributed by atoms with Gasteiger partial charge in [-0.25, -0.2) is 9.97 Å². The highest BCUT2D eigenvalue weighted by molar-refractivity contribution is 7.17. The SMILES string of the molecule is Cc1ccc(-c2nc(C)c(C(=O)N3CC[C@@H](C(=O)N4CCC(O)(Cn5cnc6c(-c7ccn(C)c7)scc6c5=O)CC4)[C@H](c4ccccc4)C3)s2)cn1. The fraction of sp³-hybridized carbons (Fsp3) is 0.350. The van der Waals surface area contributed by atoms with Crippen molar-refractivity contribution in [2.45, 2.75) is 51.2 Å². The lowest BCUT2D eigenvalue weighted by atomic mass is 9.79. The molecule has 2 atom stereocenters. The zero-order valence-corrected chi connectivity index (χ0v) is 31.6. The Morgan fingerprint density at radius 1 is 0.981 bits per heavy atom. The van der Waals surface area contributed by atoms with Crippen LogP contribution in [0, 0.1) is 19.8 Å². The molecule has 0 saturated carbocycles. The third kappa shape index (κ3) is 6.84. The number of thiophene rings is 1. The average Bonchev–Trinajstić information content (AvgIpc) is 3.91. The third-order valence-corrected chi connectivity index (χ3v) is 13.0. The molecule has 0 radical (unpaired) electrons. The number of likely N-dealkylation sites (tertiary alicyclic amines) is 2. The maximum atomic E-state index is 14.3. The lowest BCUT2D eigenvalue weighted by molar-refractivity contribution is -0.142. The Morgan fingerprint density at radius 2 is 1.77 bits per heavy atom. The molecule has 6 aromatic rings. The van der Waals surface area contributed by atoms with Crippen molar-refractivity contribution in [3.05, 3.63) is 111 Å². The fourth-order valence-electron chi connectivity index (χ4n) is 7.70. The second-order valence-electron chi connectivity index (χ2n) is 14.4. The van der Waals surface area contributed by atoms with E-state index in [4.69, 9.17) is 4.98 Å². The van der Waals surface area contributed by atoms with Crippen LogP contribution in [-0.4, -0.2) is 82.6 Å². The molecule has 11 nitrogen and oxygen atoms in total. The molecule has 53 heavy (non-hydrogen) atoms. The number of aromatic nitrogens is 5. The van der Waals surface area contributed by atoms with Gasteiger partial charge in [-0.05, 0) is 56.9 Å². The lowest BCUT2D eigenvalue weighted by Gasteiger charge is -2.43. The number of piperidine rings is 2. The summed E-state index contributed by atoms with van der Waals surface area (Å²) in [5.74, 6) is -0.513. The molecule has 2 aliphatic heterocycles. The Morgan fingerprint density at radius 3 is 2.49 bits per heavy atom. The molecule has 2 aliphatic rings. The highest BCUT2D eigenvalue weighted by atomic mass is 32.1. The maximum Gasteiger partial charge on any atom is 0.265 e. The number of aliphatic hydroxyl groups is 1. The summed E-state index contributed by atoms with van der Waals surface area (Å²) in [4.78, 5) is 60.8. The van der Waals surface area contributed by atoms with E-state index in [1.54, 1.807) is 6.20 Å². The topological polar surface area (TPSA) is 126 Å². The van der Waals surface area contributed by atoms with Gasteiger partial charge in [0.25, 0.3) is 11.5 Å². The first-order valence-electron chi connectivity index (χ1n) is 17.9. The van der Waals surface area contributed by atoms with E-state index in [0.29, 0.717) is 66.9 Å². The molecule has 0 aliphatic carbocycles. The predicted molar refractivity (Wildman–Crippen MR) is 207 cm³/mol. The molecule has 7 heterocycles. The third-order valence-electron chi connectivity index (χ3n) is 10.7. The molecule has 272 valence electrons. The summed E-state index contributed by atoms with van der Waals surface area (Å²) < 4.78 is 3.47. The van der Waals surface area contributed by atoms with Crippen molar-refractivity contribution < 1.29 is 14.7 Å². The minimum Gasteiger partial charge on any atom is -0.388 e. The van der Waals surface area contributed by atoms with E-state index >= 15 is 0 Å². The van der Waals surface area contributed by atoms with Crippen molar-refractivity contribution in [1.82, 2.24) is 33.9 Å². The van der Waals surface area contributed by atoms with Gasteiger partial charge in [0.2, 0.25) is 5.91 Å². The number of aryl methyl sites for hydroxylation is 3.